The second kappa shape index (κ2) is 6.48. The third kappa shape index (κ3) is 3.66. The molecule has 114 valence electrons. The standard InChI is InChI=1S/C13H13N5O4/c1-8-11(13(20)17-15-8)6-12(19)16-14-7-9-3-2-4-10(5-9)18(21)22/h2-5,7H,6H2,1H3,(H,16,19)(H2,15,17,20)/b14-7-. The molecule has 1 aromatic heterocycles. The van der Waals surface area contributed by atoms with Gasteiger partial charge in [-0.15, -0.1) is 0 Å². The number of nitro benzene ring substituents is 1. The molecule has 1 heterocycles. The van der Waals surface area contributed by atoms with E-state index in [0.29, 0.717) is 16.8 Å². The summed E-state index contributed by atoms with van der Waals surface area (Å²) in [6.45, 7) is 1.67. The Hall–Kier alpha value is -3.23. The summed E-state index contributed by atoms with van der Waals surface area (Å²) in [5.41, 5.74) is 3.25. The number of nitro groups is 1. The van der Waals surface area contributed by atoms with E-state index in [1.807, 2.05) is 0 Å². The Bertz CT molecular complexity index is 790. The number of rotatable bonds is 5. The van der Waals surface area contributed by atoms with Gasteiger partial charge in [-0.05, 0) is 6.92 Å². The van der Waals surface area contributed by atoms with Crippen molar-refractivity contribution in [2.75, 3.05) is 0 Å². The quantitative estimate of drug-likeness (QED) is 0.424. The van der Waals surface area contributed by atoms with Crippen LogP contribution in [0.5, 0.6) is 0 Å². The molecule has 0 atom stereocenters. The van der Waals surface area contributed by atoms with Crippen molar-refractivity contribution >= 4 is 17.8 Å². The molecule has 2 rings (SSSR count). The van der Waals surface area contributed by atoms with Crippen LogP contribution in [-0.2, 0) is 11.2 Å². The summed E-state index contributed by atoms with van der Waals surface area (Å²) >= 11 is 0. The minimum Gasteiger partial charge on any atom is -0.302 e. The first kappa shape index (κ1) is 15.2. The molecule has 0 saturated carbocycles. The second-order valence-corrected chi connectivity index (χ2v) is 4.50. The molecular weight excluding hydrogens is 290 g/mol. The second-order valence-electron chi connectivity index (χ2n) is 4.50. The van der Waals surface area contributed by atoms with Crippen LogP contribution in [0.1, 0.15) is 16.8 Å². The van der Waals surface area contributed by atoms with Crippen LogP contribution in [0.2, 0.25) is 0 Å². The van der Waals surface area contributed by atoms with Crippen molar-refractivity contribution in [3.63, 3.8) is 0 Å². The maximum absolute atomic E-state index is 11.7. The number of hydrogen-bond acceptors (Lipinski definition) is 5. The fourth-order valence-corrected chi connectivity index (χ4v) is 1.78. The first-order chi connectivity index (χ1) is 10.5. The van der Waals surface area contributed by atoms with Crippen molar-refractivity contribution in [3.05, 3.63) is 61.6 Å². The van der Waals surface area contributed by atoms with Crippen LogP contribution < -0.4 is 11.0 Å². The summed E-state index contributed by atoms with van der Waals surface area (Å²) < 4.78 is 0. The Labute approximate surface area is 124 Å². The lowest BCUT2D eigenvalue weighted by Gasteiger charge is -1.98. The normalized spacial score (nSPS) is 10.8. The van der Waals surface area contributed by atoms with Gasteiger partial charge in [0.15, 0.2) is 0 Å². The highest BCUT2D eigenvalue weighted by Gasteiger charge is 2.10. The van der Waals surface area contributed by atoms with E-state index in [1.54, 1.807) is 13.0 Å². The van der Waals surface area contributed by atoms with Gasteiger partial charge in [-0.25, -0.2) is 5.43 Å². The lowest BCUT2D eigenvalue weighted by Crippen LogP contribution is -2.23. The van der Waals surface area contributed by atoms with E-state index in [1.165, 1.54) is 24.4 Å². The molecule has 9 heteroatoms. The lowest BCUT2D eigenvalue weighted by atomic mass is 10.2. The van der Waals surface area contributed by atoms with Gasteiger partial charge in [-0.3, -0.25) is 24.8 Å². The van der Waals surface area contributed by atoms with Gasteiger partial charge in [0.05, 0.1) is 17.6 Å². The van der Waals surface area contributed by atoms with E-state index in [2.05, 4.69) is 20.7 Å². The summed E-state index contributed by atoms with van der Waals surface area (Å²) in [5, 5.41) is 19.3. The molecule has 3 N–H and O–H groups in total. The molecule has 0 saturated heterocycles. The number of hydrogen-bond donors (Lipinski definition) is 3. The van der Waals surface area contributed by atoms with Crippen LogP contribution >= 0.6 is 0 Å². The number of aryl methyl sites for hydroxylation is 1. The number of benzene rings is 1. The smallest absolute Gasteiger partial charge is 0.270 e. The minimum absolute atomic E-state index is 0.0650. The van der Waals surface area contributed by atoms with Crippen molar-refractivity contribution in [1.29, 1.82) is 0 Å². The van der Waals surface area contributed by atoms with Crippen molar-refractivity contribution in [1.82, 2.24) is 15.6 Å². The zero-order valence-electron chi connectivity index (χ0n) is 11.6. The summed E-state index contributed by atoms with van der Waals surface area (Å²) in [7, 11) is 0. The number of aromatic amines is 2. The minimum atomic E-state index is -0.517. The molecule has 0 aliphatic rings. The molecule has 0 fully saturated rings. The van der Waals surface area contributed by atoms with Gasteiger partial charge < -0.3 is 5.10 Å². The fraction of sp³-hybridized carbons (Fsp3) is 0.154. The predicted octanol–water partition coefficient (Wildman–Crippen LogP) is 0.612. The molecule has 1 amide bonds. The van der Waals surface area contributed by atoms with Crippen molar-refractivity contribution in [2.24, 2.45) is 5.10 Å². The SMILES string of the molecule is Cc1[nH][nH]c(=O)c1CC(=O)N/N=C\c1cccc([N+](=O)[O-])c1. The van der Waals surface area contributed by atoms with Crippen LogP contribution in [-0.4, -0.2) is 27.2 Å². The van der Waals surface area contributed by atoms with Gasteiger partial charge in [0.1, 0.15) is 0 Å². The van der Waals surface area contributed by atoms with Crippen molar-refractivity contribution in [2.45, 2.75) is 13.3 Å². The van der Waals surface area contributed by atoms with E-state index in [-0.39, 0.29) is 17.7 Å². The first-order valence-electron chi connectivity index (χ1n) is 6.30. The monoisotopic (exact) mass is 303 g/mol. The number of aromatic nitrogens is 2. The Balaban J connectivity index is 1.98. The topological polar surface area (TPSA) is 133 Å². The number of hydrazone groups is 1. The van der Waals surface area contributed by atoms with Crippen LogP contribution in [0, 0.1) is 17.0 Å². The van der Waals surface area contributed by atoms with Crippen LogP contribution in [0.15, 0.2) is 34.2 Å². The van der Waals surface area contributed by atoms with Gasteiger partial charge in [0, 0.05) is 29.0 Å². The van der Waals surface area contributed by atoms with Gasteiger partial charge in [0.2, 0.25) is 5.91 Å². The van der Waals surface area contributed by atoms with E-state index < -0.39 is 10.8 Å². The van der Waals surface area contributed by atoms with E-state index in [4.69, 9.17) is 0 Å². The average molecular weight is 303 g/mol. The summed E-state index contributed by atoms with van der Waals surface area (Å²) in [6.07, 6.45) is 1.18. The largest absolute Gasteiger partial charge is 0.302 e. The fourth-order valence-electron chi connectivity index (χ4n) is 1.78. The Morgan fingerprint density at radius 2 is 2.23 bits per heavy atom. The van der Waals surface area contributed by atoms with Crippen molar-refractivity contribution < 1.29 is 9.72 Å². The Morgan fingerprint density at radius 3 is 2.86 bits per heavy atom. The first-order valence-corrected chi connectivity index (χ1v) is 6.30. The summed E-state index contributed by atoms with van der Waals surface area (Å²) in [5.74, 6) is -0.463. The van der Waals surface area contributed by atoms with E-state index >= 15 is 0 Å². The lowest BCUT2D eigenvalue weighted by molar-refractivity contribution is -0.384. The molecule has 0 spiro atoms. The number of carbonyl (C=O) groups is 1. The highest BCUT2D eigenvalue weighted by molar-refractivity contribution is 5.83. The van der Waals surface area contributed by atoms with Gasteiger partial charge in [-0.2, -0.15) is 5.10 Å². The summed E-state index contributed by atoms with van der Waals surface area (Å²) in [6, 6.07) is 5.82. The molecule has 22 heavy (non-hydrogen) atoms. The number of non-ortho nitro benzene ring substituents is 1. The molecule has 2 aromatic rings. The molecule has 0 unspecified atom stereocenters. The molecule has 0 aliphatic heterocycles. The molecule has 1 aromatic carbocycles. The van der Waals surface area contributed by atoms with Crippen LogP contribution in [0.4, 0.5) is 5.69 Å². The highest BCUT2D eigenvalue weighted by Crippen LogP contribution is 2.11. The van der Waals surface area contributed by atoms with E-state index in [0.717, 1.165) is 0 Å². The zero-order valence-corrected chi connectivity index (χ0v) is 11.6. The number of amides is 1. The Morgan fingerprint density at radius 1 is 1.45 bits per heavy atom. The zero-order chi connectivity index (χ0) is 16.1. The molecule has 0 bridgehead atoms. The predicted molar refractivity (Wildman–Crippen MR) is 78.7 cm³/mol. The van der Waals surface area contributed by atoms with Gasteiger partial charge >= 0.3 is 0 Å². The molecule has 0 radical (unpaired) electrons. The van der Waals surface area contributed by atoms with Crippen LogP contribution in [0.25, 0.3) is 0 Å². The number of carbonyl (C=O) groups excluding carboxylic acids is 1. The molecule has 9 nitrogen and oxygen atoms in total. The maximum Gasteiger partial charge on any atom is 0.270 e. The molecular formula is C13H13N5O4. The van der Waals surface area contributed by atoms with Gasteiger partial charge in [0.25, 0.3) is 11.2 Å². The third-order valence-electron chi connectivity index (χ3n) is 2.91. The third-order valence-corrected chi connectivity index (χ3v) is 2.91. The number of nitrogens with zero attached hydrogens (tertiary/aromatic N) is 2. The average Bonchev–Trinajstić information content (AvgIpc) is 2.79. The van der Waals surface area contributed by atoms with Crippen LogP contribution in [0.3, 0.4) is 0 Å². The van der Waals surface area contributed by atoms with E-state index in [9.17, 15) is 19.7 Å². The maximum atomic E-state index is 11.7. The number of nitrogens with one attached hydrogen (secondary N) is 3. The molecule has 0 aliphatic carbocycles. The van der Waals surface area contributed by atoms with Crippen molar-refractivity contribution in [3.8, 4) is 0 Å². The number of H-pyrrole nitrogens is 2. The summed E-state index contributed by atoms with van der Waals surface area (Å²) in [4.78, 5) is 33.2. The van der Waals surface area contributed by atoms with Gasteiger partial charge in [-0.1, -0.05) is 12.1 Å². The highest BCUT2D eigenvalue weighted by atomic mass is 16.6. The Kier molecular flexibility index (Phi) is 4.47.